The number of pyridine rings is 1. The Bertz CT molecular complexity index is 1420. The third-order valence-corrected chi connectivity index (χ3v) is 10.0. The third-order valence-electron chi connectivity index (χ3n) is 6.38. The van der Waals surface area contributed by atoms with Gasteiger partial charge >= 0.3 is 15.2 Å². The summed E-state index contributed by atoms with van der Waals surface area (Å²) in [5.74, 6) is -1.39. The van der Waals surface area contributed by atoms with Crippen LogP contribution in [0.4, 0.5) is 5.69 Å². The lowest BCUT2D eigenvalue weighted by molar-refractivity contribution is -0.0541. The zero-order chi connectivity index (χ0) is 26.5. The van der Waals surface area contributed by atoms with Crippen LogP contribution < -0.4 is 5.32 Å². The van der Waals surface area contributed by atoms with Crippen LogP contribution in [0.1, 0.15) is 29.8 Å². The molecular formula is C21H25ClN4O9P2. The average Bonchev–Trinajstić information content (AvgIpc) is 3.48. The number of fused-ring (bicyclic) bond motifs is 2. The summed E-state index contributed by atoms with van der Waals surface area (Å²) < 4.78 is 34.7. The van der Waals surface area contributed by atoms with Gasteiger partial charge in [-0.05, 0) is 30.0 Å². The van der Waals surface area contributed by atoms with Gasteiger partial charge in [0.2, 0.25) is 0 Å². The number of ether oxygens (including phenoxy) is 1. The summed E-state index contributed by atoms with van der Waals surface area (Å²) in [6.45, 7) is -0.705. The number of nitrogens with one attached hydrogen (secondary N) is 1. The van der Waals surface area contributed by atoms with Crippen LogP contribution in [0.15, 0.2) is 36.5 Å². The SMILES string of the molecule is O=P(O)(O)CP(=O)(O)OC[C@H]1O[C@@H](n2ncc3c(N[C@@H]4CCc5ccccc54)cc(Cl)nc32)[C@@H](O)[C@H]1O. The first-order valence-electron chi connectivity index (χ1n) is 11.3. The number of anilines is 1. The van der Waals surface area contributed by atoms with Gasteiger partial charge in [0.15, 0.2) is 17.8 Å². The monoisotopic (exact) mass is 574 g/mol. The normalized spacial score (nSPS) is 27.4. The fraction of sp³-hybridized carbons (Fsp3) is 0.429. The molecule has 2 aromatic heterocycles. The van der Waals surface area contributed by atoms with Crippen LogP contribution in [-0.4, -0.2) is 70.5 Å². The molecular weight excluding hydrogens is 550 g/mol. The van der Waals surface area contributed by atoms with Crippen molar-refractivity contribution >= 4 is 43.5 Å². The second kappa shape index (κ2) is 10.0. The van der Waals surface area contributed by atoms with E-state index in [1.54, 1.807) is 6.07 Å². The van der Waals surface area contributed by atoms with Gasteiger partial charge in [-0.1, -0.05) is 35.9 Å². The molecule has 5 rings (SSSR count). The Kier molecular flexibility index (Phi) is 7.23. The van der Waals surface area contributed by atoms with E-state index >= 15 is 0 Å². The molecule has 1 aliphatic heterocycles. The number of aliphatic hydroxyl groups excluding tert-OH is 2. The van der Waals surface area contributed by atoms with Gasteiger partial charge in [0.05, 0.1) is 29.9 Å². The maximum Gasteiger partial charge on any atom is 0.340 e. The van der Waals surface area contributed by atoms with E-state index in [-0.39, 0.29) is 16.8 Å². The van der Waals surface area contributed by atoms with Crippen molar-refractivity contribution in [3.8, 4) is 0 Å². The molecule has 6 atom stereocenters. The molecule has 1 fully saturated rings. The van der Waals surface area contributed by atoms with Crippen molar-refractivity contribution in [3.63, 3.8) is 0 Å². The van der Waals surface area contributed by atoms with Crippen LogP contribution in [0, 0.1) is 0 Å². The Morgan fingerprint density at radius 2 is 1.95 bits per heavy atom. The molecule has 3 aromatic rings. The molecule has 1 saturated heterocycles. The molecule has 0 radical (unpaired) electrons. The van der Waals surface area contributed by atoms with Gasteiger partial charge < -0.3 is 39.5 Å². The number of nitrogens with zero attached hydrogens (tertiary/aromatic N) is 3. The van der Waals surface area contributed by atoms with Gasteiger partial charge in [0.25, 0.3) is 0 Å². The van der Waals surface area contributed by atoms with Crippen LogP contribution in [0.5, 0.6) is 0 Å². The lowest BCUT2D eigenvalue weighted by atomic mass is 10.1. The molecule has 0 amide bonds. The van der Waals surface area contributed by atoms with Gasteiger partial charge in [-0.15, -0.1) is 0 Å². The first-order chi connectivity index (χ1) is 17.4. The zero-order valence-electron chi connectivity index (χ0n) is 19.2. The highest BCUT2D eigenvalue weighted by molar-refractivity contribution is 7.70. The van der Waals surface area contributed by atoms with Crippen LogP contribution in [0.3, 0.4) is 0 Å². The van der Waals surface area contributed by atoms with Crippen LogP contribution in [0.25, 0.3) is 11.0 Å². The second-order valence-electron chi connectivity index (χ2n) is 9.04. The van der Waals surface area contributed by atoms with Crippen molar-refractivity contribution in [3.05, 3.63) is 52.8 Å². The molecule has 16 heteroatoms. The summed E-state index contributed by atoms with van der Waals surface area (Å²) in [4.78, 5) is 31.9. The average molecular weight is 575 g/mol. The number of aromatic nitrogens is 3. The van der Waals surface area contributed by atoms with Crippen LogP contribution in [0.2, 0.25) is 5.15 Å². The largest absolute Gasteiger partial charge is 0.387 e. The Hall–Kier alpha value is -1.89. The molecule has 37 heavy (non-hydrogen) atoms. The number of hydrogen-bond acceptors (Lipinski definition) is 9. The van der Waals surface area contributed by atoms with Crippen molar-refractivity contribution < 1.29 is 43.3 Å². The number of aliphatic hydroxyl groups is 2. The van der Waals surface area contributed by atoms with Gasteiger partial charge in [-0.3, -0.25) is 9.13 Å². The van der Waals surface area contributed by atoms with Crippen LogP contribution in [-0.2, 0) is 24.8 Å². The number of hydrogen-bond donors (Lipinski definition) is 6. The minimum Gasteiger partial charge on any atom is -0.387 e. The van der Waals surface area contributed by atoms with E-state index in [0.717, 1.165) is 12.8 Å². The predicted molar refractivity (Wildman–Crippen MR) is 132 cm³/mol. The van der Waals surface area contributed by atoms with Crippen molar-refractivity contribution in [2.75, 3.05) is 17.8 Å². The van der Waals surface area contributed by atoms with E-state index in [2.05, 4.69) is 27.5 Å². The van der Waals surface area contributed by atoms with Crippen molar-refractivity contribution in [1.29, 1.82) is 0 Å². The fourth-order valence-corrected chi connectivity index (χ4v) is 7.48. The first-order valence-corrected chi connectivity index (χ1v) is 15.3. The van der Waals surface area contributed by atoms with Gasteiger partial charge in [0, 0.05) is 0 Å². The molecule has 200 valence electrons. The molecule has 3 heterocycles. The molecule has 13 nitrogen and oxygen atoms in total. The third kappa shape index (κ3) is 5.62. The minimum absolute atomic E-state index is 0.0557. The maximum atomic E-state index is 11.9. The molecule has 0 bridgehead atoms. The summed E-state index contributed by atoms with van der Waals surface area (Å²) in [6, 6.07) is 9.88. The summed E-state index contributed by atoms with van der Waals surface area (Å²) >= 11 is 6.30. The number of benzene rings is 1. The molecule has 1 aliphatic carbocycles. The van der Waals surface area contributed by atoms with E-state index in [0.29, 0.717) is 11.1 Å². The molecule has 1 unspecified atom stereocenters. The quantitative estimate of drug-likeness (QED) is 0.170. The smallest absolute Gasteiger partial charge is 0.340 e. The van der Waals surface area contributed by atoms with Crippen molar-refractivity contribution in [1.82, 2.24) is 14.8 Å². The highest BCUT2D eigenvalue weighted by atomic mass is 35.5. The van der Waals surface area contributed by atoms with Crippen LogP contribution >= 0.6 is 26.8 Å². The summed E-state index contributed by atoms with van der Waals surface area (Å²) in [5, 5.41) is 29.6. The molecule has 1 aromatic carbocycles. The van der Waals surface area contributed by atoms with Gasteiger partial charge in [0.1, 0.15) is 23.5 Å². The lowest BCUT2D eigenvalue weighted by Gasteiger charge is -2.18. The maximum absolute atomic E-state index is 11.9. The topological polar surface area (TPSA) is 196 Å². The Morgan fingerprint density at radius 3 is 2.70 bits per heavy atom. The number of aryl methyl sites for hydroxylation is 1. The predicted octanol–water partition coefficient (Wildman–Crippen LogP) is 2.14. The molecule has 0 saturated carbocycles. The lowest BCUT2D eigenvalue weighted by Crippen LogP contribution is -2.33. The molecule has 6 N–H and O–H groups in total. The summed E-state index contributed by atoms with van der Waals surface area (Å²) in [5.41, 5.74) is 3.41. The first kappa shape index (κ1) is 26.7. The van der Waals surface area contributed by atoms with Crippen molar-refractivity contribution in [2.45, 2.75) is 43.4 Å². The number of rotatable bonds is 8. The van der Waals surface area contributed by atoms with E-state index < -0.39 is 52.2 Å². The van der Waals surface area contributed by atoms with Gasteiger partial charge in [-0.25, -0.2) is 9.67 Å². The minimum atomic E-state index is -4.83. The highest BCUT2D eigenvalue weighted by Crippen LogP contribution is 2.55. The van der Waals surface area contributed by atoms with Crippen molar-refractivity contribution in [2.24, 2.45) is 0 Å². The Labute approximate surface area is 215 Å². The second-order valence-corrected chi connectivity index (χ2v) is 13.4. The standard InChI is InChI=1S/C21H25ClN4O9P2/c22-17-7-15(24-14-6-5-11-3-1-2-4-12(11)14)13-8-23-26(20(13)25-17)21-19(28)18(27)16(35-21)9-34-37(32,33)10-36(29,30)31/h1-4,7-8,14,16,18-19,21,27-28H,5-6,9-10H2,(H,24,25)(H,32,33)(H2,29,30,31)/t14-,16-,18+,19+,21-/m1/s1. The Balaban J connectivity index is 1.37. The van der Waals surface area contributed by atoms with Gasteiger partial charge in [-0.2, -0.15) is 5.10 Å². The zero-order valence-corrected chi connectivity index (χ0v) is 21.7. The van der Waals surface area contributed by atoms with E-state index in [4.69, 9.17) is 30.6 Å². The fourth-order valence-electron chi connectivity index (χ4n) is 4.72. The Morgan fingerprint density at radius 1 is 1.19 bits per heavy atom. The summed E-state index contributed by atoms with van der Waals surface area (Å²) in [6.07, 6.45) is -2.25. The molecule has 2 aliphatic rings. The van der Waals surface area contributed by atoms with E-state index in [9.17, 15) is 24.2 Å². The van der Waals surface area contributed by atoms with E-state index in [1.165, 1.54) is 22.0 Å². The highest BCUT2D eigenvalue weighted by Gasteiger charge is 2.46. The van der Waals surface area contributed by atoms with E-state index in [1.807, 2.05) is 12.1 Å². The molecule has 0 spiro atoms. The summed E-state index contributed by atoms with van der Waals surface area (Å²) in [7, 11) is -9.50. The number of halogens is 1.